The first kappa shape index (κ1) is 19.4. The van der Waals surface area contributed by atoms with Gasteiger partial charge in [0.05, 0.1) is 6.20 Å². The number of benzene rings is 2. The summed E-state index contributed by atoms with van der Waals surface area (Å²) in [5, 5.41) is 6.46. The number of hydrogen-bond acceptors (Lipinski definition) is 3. The summed E-state index contributed by atoms with van der Waals surface area (Å²) in [6.45, 7) is 3.18. The van der Waals surface area contributed by atoms with E-state index in [1.165, 1.54) is 17.2 Å². The largest absolute Gasteiger partial charge is 0.453 e. The van der Waals surface area contributed by atoms with Crippen molar-refractivity contribution in [3.63, 3.8) is 0 Å². The van der Waals surface area contributed by atoms with Gasteiger partial charge in [0.1, 0.15) is 5.75 Å². The quantitative estimate of drug-likeness (QED) is 0.499. The van der Waals surface area contributed by atoms with Gasteiger partial charge in [0.15, 0.2) is 17.5 Å². The molecule has 0 fully saturated rings. The van der Waals surface area contributed by atoms with E-state index in [-0.39, 0.29) is 5.75 Å². The second kappa shape index (κ2) is 9.50. The van der Waals surface area contributed by atoms with Gasteiger partial charge in [-0.15, -0.1) is 0 Å². The lowest BCUT2D eigenvalue weighted by Crippen LogP contribution is -2.36. The van der Waals surface area contributed by atoms with Gasteiger partial charge in [0, 0.05) is 26.3 Å². The van der Waals surface area contributed by atoms with Crippen molar-refractivity contribution < 1.29 is 9.13 Å². The van der Waals surface area contributed by atoms with Crippen LogP contribution in [0.3, 0.4) is 0 Å². The molecule has 3 rings (SSSR count). The predicted molar refractivity (Wildman–Crippen MR) is 109 cm³/mol. The van der Waals surface area contributed by atoms with Crippen LogP contribution in [0.15, 0.2) is 72.0 Å². The number of aryl methyl sites for hydroxylation is 1. The van der Waals surface area contributed by atoms with E-state index in [0.717, 1.165) is 5.56 Å². The van der Waals surface area contributed by atoms with E-state index < -0.39 is 5.82 Å². The summed E-state index contributed by atoms with van der Waals surface area (Å²) in [6.07, 6.45) is 3.18. The maximum Gasteiger partial charge on any atom is 0.191 e. The summed E-state index contributed by atoms with van der Waals surface area (Å²) in [5.41, 5.74) is 3.21. The van der Waals surface area contributed by atoms with Crippen LogP contribution < -0.4 is 15.4 Å². The summed E-state index contributed by atoms with van der Waals surface area (Å²) in [4.78, 5) is 8.17. The molecule has 0 aliphatic rings. The number of guanidine groups is 1. The number of nitrogens with zero attached hydrogens (tertiary/aromatic N) is 2. The molecule has 2 N–H and O–H groups in total. The van der Waals surface area contributed by atoms with Crippen molar-refractivity contribution in [1.82, 2.24) is 15.6 Å². The highest BCUT2D eigenvalue weighted by molar-refractivity contribution is 5.79. The Hall–Kier alpha value is -3.41. The second-order valence-electron chi connectivity index (χ2n) is 6.26. The Bertz CT molecular complexity index is 944. The van der Waals surface area contributed by atoms with E-state index in [9.17, 15) is 4.39 Å². The number of hydrogen-bond donors (Lipinski definition) is 2. The molecule has 1 aromatic heterocycles. The van der Waals surface area contributed by atoms with Crippen LogP contribution in [0.2, 0.25) is 0 Å². The molecule has 0 atom stereocenters. The predicted octanol–water partition coefficient (Wildman–Crippen LogP) is 4.19. The molecule has 3 aromatic rings. The standard InChI is InChI=1S/C22H23FN4O/c1-16-6-3-4-7-18(16)14-27-22(24-2)26-13-17-9-10-21(20(23)12-17)28-19-8-5-11-25-15-19/h3-12,15H,13-14H2,1-2H3,(H2,24,26,27). The molecule has 1 heterocycles. The number of pyridine rings is 1. The van der Waals surface area contributed by atoms with Gasteiger partial charge in [0.2, 0.25) is 0 Å². The van der Waals surface area contributed by atoms with Crippen LogP contribution in [0.4, 0.5) is 4.39 Å². The molecule has 0 saturated carbocycles. The first-order valence-corrected chi connectivity index (χ1v) is 9.01. The van der Waals surface area contributed by atoms with Crippen LogP contribution >= 0.6 is 0 Å². The monoisotopic (exact) mass is 378 g/mol. The van der Waals surface area contributed by atoms with Crippen molar-refractivity contribution >= 4 is 5.96 Å². The highest BCUT2D eigenvalue weighted by atomic mass is 19.1. The van der Waals surface area contributed by atoms with E-state index in [0.29, 0.717) is 24.8 Å². The smallest absolute Gasteiger partial charge is 0.191 e. The van der Waals surface area contributed by atoms with Gasteiger partial charge in [0.25, 0.3) is 0 Å². The van der Waals surface area contributed by atoms with Gasteiger partial charge < -0.3 is 15.4 Å². The Morgan fingerprint density at radius 3 is 2.61 bits per heavy atom. The van der Waals surface area contributed by atoms with Crippen molar-refractivity contribution in [1.29, 1.82) is 0 Å². The number of rotatable bonds is 6. The summed E-state index contributed by atoms with van der Waals surface area (Å²) in [6, 6.07) is 16.5. The Morgan fingerprint density at radius 1 is 1.07 bits per heavy atom. The minimum absolute atomic E-state index is 0.166. The van der Waals surface area contributed by atoms with Gasteiger partial charge in [-0.05, 0) is 47.9 Å². The molecule has 0 radical (unpaired) electrons. The highest BCUT2D eigenvalue weighted by Gasteiger charge is 2.07. The second-order valence-corrected chi connectivity index (χ2v) is 6.26. The first-order chi connectivity index (χ1) is 13.7. The van der Waals surface area contributed by atoms with Crippen molar-refractivity contribution in [3.8, 4) is 11.5 Å². The van der Waals surface area contributed by atoms with Crippen molar-refractivity contribution in [3.05, 3.63) is 89.5 Å². The number of aliphatic imine (C=N–C) groups is 1. The zero-order valence-corrected chi connectivity index (χ0v) is 15.9. The fourth-order valence-corrected chi connectivity index (χ4v) is 2.67. The fourth-order valence-electron chi connectivity index (χ4n) is 2.67. The van der Waals surface area contributed by atoms with Crippen molar-refractivity contribution in [2.45, 2.75) is 20.0 Å². The molecule has 0 bridgehead atoms. The third kappa shape index (κ3) is 5.30. The molecular formula is C22H23FN4O. The lowest BCUT2D eigenvalue weighted by molar-refractivity contribution is 0.440. The zero-order chi connectivity index (χ0) is 19.8. The van der Waals surface area contributed by atoms with Gasteiger partial charge >= 0.3 is 0 Å². The van der Waals surface area contributed by atoms with Crippen LogP contribution in [-0.2, 0) is 13.1 Å². The fraction of sp³-hybridized carbons (Fsp3) is 0.182. The number of nitrogens with one attached hydrogen (secondary N) is 2. The van der Waals surface area contributed by atoms with Gasteiger partial charge in [-0.1, -0.05) is 30.3 Å². The van der Waals surface area contributed by atoms with Crippen molar-refractivity contribution in [2.75, 3.05) is 7.05 Å². The maximum absolute atomic E-state index is 14.3. The first-order valence-electron chi connectivity index (χ1n) is 9.01. The van der Waals surface area contributed by atoms with E-state index in [4.69, 9.17) is 4.74 Å². The van der Waals surface area contributed by atoms with E-state index in [1.807, 2.05) is 18.2 Å². The molecule has 0 aliphatic carbocycles. The van der Waals surface area contributed by atoms with Crippen LogP contribution in [0.25, 0.3) is 0 Å². The maximum atomic E-state index is 14.3. The lowest BCUT2D eigenvalue weighted by Gasteiger charge is -2.14. The Labute approximate surface area is 164 Å². The third-order valence-corrected chi connectivity index (χ3v) is 4.25. The van der Waals surface area contributed by atoms with Gasteiger partial charge in [-0.3, -0.25) is 9.98 Å². The van der Waals surface area contributed by atoms with E-state index >= 15 is 0 Å². The zero-order valence-electron chi connectivity index (χ0n) is 15.9. The Morgan fingerprint density at radius 2 is 1.89 bits per heavy atom. The molecule has 5 nitrogen and oxygen atoms in total. The van der Waals surface area contributed by atoms with E-state index in [1.54, 1.807) is 37.6 Å². The van der Waals surface area contributed by atoms with Crippen LogP contribution in [0.1, 0.15) is 16.7 Å². The average Bonchev–Trinajstić information content (AvgIpc) is 2.72. The van der Waals surface area contributed by atoms with Gasteiger partial charge in [-0.2, -0.15) is 0 Å². The number of halogens is 1. The average molecular weight is 378 g/mol. The number of aromatic nitrogens is 1. The SMILES string of the molecule is CN=C(NCc1ccc(Oc2cccnc2)c(F)c1)NCc1ccccc1C. The Kier molecular flexibility index (Phi) is 6.57. The normalized spacial score (nSPS) is 11.2. The van der Waals surface area contributed by atoms with Crippen molar-refractivity contribution in [2.24, 2.45) is 4.99 Å². The lowest BCUT2D eigenvalue weighted by atomic mass is 10.1. The topological polar surface area (TPSA) is 58.5 Å². The third-order valence-electron chi connectivity index (χ3n) is 4.25. The summed E-state index contributed by atoms with van der Waals surface area (Å²) in [7, 11) is 1.71. The van der Waals surface area contributed by atoms with Crippen LogP contribution in [-0.4, -0.2) is 18.0 Å². The highest BCUT2D eigenvalue weighted by Crippen LogP contribution is 2.24. The summed E-state index contributed by atoms with van der Waals surface area (Å²) < 4.78 is 19.9. The van der Waals surface area contributed by atoms with Crippen LogP contribution in [0.5, 0.6) is 11.5 Å². The number of ether oxygens (including phenoxy) is 1. The molecule has 0 saturated heterocycles. The van der Waals surface area contributed by atoms with E-state index in [2.05, 4.69) is 39.7 Å². The molecule has 2 aromatic carbocycles. The summed E-state index contributed by atoms with van der Waals surface area (Å²) in [5.74, 6) is 0.886. The molecule has 0 unspecified atom stereocenters. The molecule has 6 heteroatoms. The molecule has 0 amide bonds. The minimum atomic E-state index is -0.425. The van der Waals surface area contributed by atoms with Gasteiger partial charge in [-0.25, -0.2) is 4.39 Å². The molecule has 28 heavy (non-hydrogen) atoms. The molecular weight excluding hydrogens is 355 g/mol. The molecule has 144 valence electrons. The minimum Gasteiger partial charge on any atom is -0.453 e. The molecule has 0 aliphatic heterocycles. The van der Waals surface area contributed by atoms with Crippen LogP contribution in [0, 0.1) is 12.7 Å². The molecule has 0 spiro atoms. The Balaban J connectivity index is 1.56. The summed E-state index contributed by atoms with van der Waals surface area (Å²) >= 11 is 0.